The van der Waals surface area contributed by atoms with Crippen LogP contribution in [0.1, 0.15) is 26.4 Å². The number of carbonyl (C=O) groups excluding carboxylic acids is 2. The highest BCUT2D eigenvalue weighted by atomic mass is 35.5. The van der Waals surface area contributed by atoms with Gasteiger partial charge in [0.05, 0.1) is 34.6 Å². The van der Waals surface area contributed by atoms with Gasteiger partial charge in [-0.05, 0) is 24.3 Å². The second kappa shape index (κ2) is 9.87. The lowest BCUT2D eigenvalue weighted by molar-refractivity contribution is -0.136. The van der Waals surface area contributed by atoms with Crippen LogP contribution in [0.2, 0.25) is 5.02 Å². The van der Waals surface area contributed by atoms with Gasteiger partial charge in [-0.15, -0.1) is 0 Å². The number of ether oxygens (including phenoxy) is 2. The number of rotatable bonds is 7. The molecule has 178 valence electrons. The van der Waals surface area contributed by atoms with E-state index < -0.39 is 34.8 Å². The molecule has 8 nitrogen and oxygen atoms in total. The van der Waals surface area contributed by atoms with Crippen LogP contribution in [-0.4, -0.2) is 31.0 Å². The molecule has 3 aromatic rings. The van der Waals surface area contributed by atoms with Gasteiger partial charge in [0, 0.05) is 31.4 Å². The molecule has 1 aromatic heterocycles. The number of carbonyl (C=O) groups is 2. The molecular weight excluding hydrogens is 477 g/mol. The molecule has 0 spiro atoms. The van der Waals surface area contributed by atoms with Gasteiger partial charge >= 0.3 is 6.18 Å². The first kappa shape index (κ1) is 24.6. The zero-order valence-corrected chi connectivity index (χ0v) is 18.5. The topological polar surface area (TPSA) is 116 Å². The van der Waals surface area contributed by atoms with Gasteiger partial charge in [0.1, 0.15) is 22.9 Å². The third-order valence-electron chi connectivity index (χ3n) is 4.55. The van der Waals surface area contributed by atoms with Crippen molar-refractivity contribution >= 4 is 34.8 Å². The Bertz CT molecular complexity index is 1250. The highest BCUT2D eigenvalue weighted by molar-refractivity contribution is 6.33. The molecule has 0 saturated carbocycles. The molecule has 1 heterocycles. The maximum Gasteiger partial charge on any atom is 0.418 e. The molecule has 2 amide bonds. The summed E-state index contributed by atoms with van der Waals surface area (Å²) in [7, 11) is 2.66. The van der Waals surface area contributed by atoms with Gasteiger partial charge in [-0.2, -0.15) is 13.2 Å². The van der Waals surface area contributed by atoms with Crippen LogP contribution in [0.3, 0.4) is 0 Å². The van der Waals surface area contributed by atoms with Crippen molar-refractivity contribution < 1.29 is 32.2 Å². The Labute approximate surface area is 196 Å². The minimum Gasteiger partial charge on any atom is -0.496 e. The molecule has 3 rings (SSSR count). The second-order valence-electron chi connectivity index (χ2n) is 6.78. The van der Waals surface area contributed by atoms with E-state index in [0.717, 1.165) is 6.07 Å². The first-order chi connectivity index (χ1) is 16.0. The van der Waals surface area contributed by atoms with Crippen LogP contribution < -0.4 is 25.8 Å². The van der Waals surface area contributed by atoms with Crippen LogP contribution in [0, 0.1) is 0 Å². The van der Waals surface area contributed by atoms with Crippen molar-refractivity contribution in [1.82, 2.24) is 10.3 Å². The molecule has 0 atom stereocenters. The van der Waals surface area contributed by atoms with Gasteiger partial charge < -0.3 is 25.8 Å². The Morgan fingerprint density at radius 1 is 1.06 bits per heavy atom. The van der Waals surface area contributed by atoms with Crippen LogP contribution >= 0.6 is 11.6 Å². The summed E-state index contributed by atoms with van der Waals surface area (Å²) >= 11 is 6.27. The van der Waals surface area contributed by atoms with Gasteiger partial charge in [-0.3, -0.25) is 14.6 Å². The maximum absolute atomic E-state index is 13.6. The quantitative estimate of drug-likeness (QED) is 0.436. The van der Waals surface area contributed by atoms with Crippen molar-refractivity contribution in [3.05, 3.63) is 70.5 Å². The molecule has 0 bridgehead atoms. The molecule has 0 fully saturated rings. The van der Waals surface area contributed by atoms with Crippen LogP contribution in [-0.2, 0) is 6.18 Å². The number of nitrogens with zero attached hydrogens (tertiary/aromatic N) is 1. The monoisotopic (exact) mass is 494 g/mol. The number of halogens is 4. The van der Waals surface area contributed by atoms with Crippen LogP contribution in [0.5, 0.6) is 17.2 Å². The number of nitrogens with one attached hydrogen (secondary N) is 2. The number of pyridine rings is 1. The fourth-order valence-corrected chi connectivity index (χ4v) is 3.17. The second-order valence-corrected chi connectivity index (χ2v) is 7.19. The predicted octanol–water partition coefficient (Wildman–Crippen LogP) is 4.76. The van der Waals surface area contributed by atoms with Crippen LogP contribution in [0.15, 0.2) is 48.7 Å². The molecule has 0 aliphatic carbocycles. The molecule has 0 radical (unpaired) electrons. The number of amides is 2. The molecule has 4 N–H and O–H groups in total. The van der Waals surface area contributed by atoms with Crippen molar-refractivity contribution in [2.45, 2.75) is 6.18 Å². The Kier molecular flexibility index (Phi) is 7.16. The van der Waals surface area contributed by atoms with Crippen LogP contribution in [0.25, 0.3) is 0 Å². The van der Waals surface area contributed by atoms with E-state index in [1.165, 1.54) is 50.7 Å². The smallest absolute Gasteiger partial charge is 0.418 e. The standard InChI is InChI=1S/C22H18ClF3N4O4/c1-28-21(32)18-8-12(5-6-29-18)34-11-3-4-16(15(23)7-11)30-17-10-19(33-2)13(20(27)31)9-14(17)22(24,25)26/h3-10,30H,1-2H3,(H2,27,31)(H,28,32). The summed E-state index contributed by atoms with van der Waals surface area (Å²) in [4.78, 5) is 27.2. The molecule has 2 aromatic carbocycles. The van der Waals surface area contributed by atoms with E-state index in [9.17, 15) is 22.8 Å². The number of primary amides is 1. The summed E-state index contributed by atoms with van der Waals surface area (Å²) in [6.07, 6.45) is -3.41. The lowest BCUT2D eigenvalue weighted by atomic mass is 10.1. The number of aromatic nitrogens is 1. The Balaban J connectivity index is 1.92. The van der Waals surface area contributed by atoms with Crippen LogP contribution in [0.4, 0.5) is 24.5 Å². The van der Waals surface area contributed by atoms with Crippen molar-refractivity contribution in [3.8, 4) is 17.2 Å². The Hall–Kier alpha value is -3.99. The van der Waals surface area contributed by atoms with E-state index in [4.69, 9.17) is 26.8 Å². The number of anilines is 2. The van der Waals surface area contributed by atoms with E-state index in [0.29, 0.717) is 11.8 Å². The van der Waals surface area contributed by atoms with E-state index in [-0.39, 0.29) is 27.9 Å². The molecule has 0 aliphatic heterocycles. The van der Waals surface area contributed by atoms with Crippen molar-refractivity contribution in [2.24, 2.45) is 5.73 Å². The lowest BCUT2D eigenvalue weighted by Gasteiger charge is -2.18. The molecule has 0 unspecified atom stereocenters. The number of methoxy groups -OCH3 is 1. The van der Waals surface area contributed by atoms with Gasteiger partial charge in [-0.1, -0.05) is 11.6 Å². The normalized spacial score (nSPS) is 11.0. The minimum absolute atomic E-state index is 0.0455. The Morgan fingerprint density at radius 2 is 1.76 bits per heavy atom. The van der Waals surface area contributed by atoms with Crippen molar-refractivity contribution in [2.75, 3.05) is 19.5 Å². The number of hydrogen-bond donors (Lipinski definition) is 3. The summed E-state index contributed by atoms with van der Waals surface area (Å²) in [5.41, 5.74) is 3.51. The summed E-state index contributed by atoms with van der Waals surface area (Å²) < 4.78 is 51.6. The lowest BCUT2D eigenvalue weighted by Crippen LogP contribution is -2.18. The molecule has 12 heteroatoms. The fraction of sp³-hybridized carbons (Fsp3) is 0.136. The Morgan fingerprint density at radius 3 is 2.35 bits per heavy atom. The first-order valence-corrected chi connectivity index (χ1v) is 9.93. The maximum atomic E-state index is 13.6. The van der Waals surface area contributed by atoms with Crippen molar-refractivity contribution in [1.29, 1.82) is 0 Å². The average Bonchev–Trinajstić information content (AvgIpc) is 2.79. The SMILES string of the molecule is CNC(=O)c1cc(Oc2ccc(Nc3cc(OC)c(C(N)=O)cc3C(F)(F)F)c(Cl)c2)ccn1. The zero-order chi connectivity index (χ0) is 25.0. The summed E-state index contributed by atoms with van der Waals surface area (Å²) in [6, 6.07) is 8.83. The van der Waals surface area contributed by atoms with E-state index in [2.05, 4.69) is 15.6 Å². The van der Waals surface area contributed by atoms with Gasteiger partial charge in [0.25, 0.3) is 11.8 Å². The van der Waals surface area contributed by atoms with E-state index >= 15 is 0 Å². The summed E-state index contributed by atoms with van der Waals surface area (Å²) in [5.74, 6) is -1.03. The van der Waals surface area contributed by atoms with Gasteiger partial charge in [-0.25, -0.2) is 0 Å². The average molecular weight is 495 g/mol. The molecule has 0 aliphatic rings. The molecule has 0 saturated heterocycles. The largest absolute Gasteiger partial charge is 0.496 e. The first-order valence-electron chi connectivity index (χ1n) is 9.55. The number of benzene rings is 2. The number of nitrogens with two attached hydrogens (primary N) is 1. The van der Waals surface area contributed by atoms with Gasteiger partial charge in [0.15, 0.2) is 0 Å². The third-order valence-corrected chi connectivity index (χ3v) is 4.86. The van der Waals surface area contributed by atoms with Gasteiger partial charge in [0.2, 0.25) is 0 Å². The molecule has 34 heavy (non-hydrogen) atoms. The van der Waals surface area contributed by atoms with E-state index in [1.54, 1.807) is 0 Å². The van der Waals surface area contributed by atoms with E-state index in [1.807, 2.05) is 0 Å². The molecular formula is C22H18ClF3N4O4. The predicted molar refractivity (Wildman–Crippen MR) is 119 cm³/mol. The number of alkyl halides is 3. The number of hydrogen-bond acceptors (Lipinski definition) is 6. The highest BCUT2D eigenvalue weighted by Gasteiger charge is 2.35. The third kappa shape index (κ3) is 5.49. The summed E-state index contributed by atoms with van der Waals surface area (Å²) in [6.45, 7) is 0. The zero-order valence-electron chi connectivity index (χ0n) is 17.8. The minimum atomic E-state index is -4.79. The van der Waals surface area contributed by atoms with Crippen molar-refractivity contribution in [3.63, 3.8) is 0 Å². The highest BCUT2D eigenvalue weighted by Crippen LogP contribution is 2.41. The fourth-order valence-electron chi connectivity index (χ4n) is 2.95. The summed E-state index contributed by atoms with van der Waals surface area (Å²) in [5, 5.41) is 5.10.